The lowest BCUT2D eigenvalue weighted by Crippen LogP contribution is -2.41. The Kier molecular flexibility index (Phi) is 6.13. The summed E-state index contributed by atoms with van der Waals surface area (Å²) in [5, 5.41) is 0. The van der Waals surface area contributed by atoms with Crippen LogP contribution in [0, 0.1) is 0 Å². The highest BCUT2D eigenvalue weighted by Gasteiger charge is 2.35. The lowest BCUT2D eigenvalue weighted by molar-refractivity contribution is -0.148. The molecule has 0 saturated heterocycles. The van der Waals surface area contributed by atoms with E-state index in [1.165, 1.54) is 0 Å². The van der Waals surface area contributed by atoms with Crippen molar-refractivity contribution in [3.63, 3.8) is 0 Å². The number of allylic oxidation sites excluding steroid dienone is 1. The number of rotatable bonds is 7. The van der Waals surface area contributed by atoms with E-state index >= 15 is 0 Å². The van der Waals surface area contributed by atoms with Gasteiger partial charge in [-0.3, -0.25) is 0 Å². The van der Waals surface area contributed by atoms with Crippen LogP contribution in [0.1, 0.15) is 31.9 Å². The third-order valence-corrected chi connectivity index (χ3v) is 3.71. The van der Waals surface area contributed by atoms with Crippen molar-refractivity contribution in [3.05, 3.63) is 54.6 Å². The molecule has 2 N–H and O–H groups in total. The summed E-state index contributed by atoms with van der Waals surface area (Å²) in [6, 6.07) is 7.75. The fourth-order valence-electron chi connectivity index (χ4n) is 2.11. The highest BCUT2D eigenvalue weighted by Crippen LogP contribution is 2.31. The maximum Gasteiger partial charge on any atom is 0.404 e. The van der Waals surface area contributed by atoms with Crippen LogP contribution >= 0.6 is 0 Å². The minimum absolute atomic E-state index is 0.140. The van der Waals surface area contributed by atoms with Crippen LogP contribution in [-0.2, 0) is 19.7 Å². The minimum Gasteiger partial charge on any atom is -0.455 e. The predicted molar refractivity (Wildman–Crippen MR) is 89.8 cm³/mol. The Balaban J connectivity index is 3.16. The number of carbonyl (C=O) groups is 2. The summed E-state index contributed by atoms with van der Waals surface area (Å²) >= 11 is 0. The molecule has 0 aliphatic rings. The quantitative estimate of drug-likeness (QED) is 0.619. The number of hydrogen-bond donors (Lipinski definition) is 1. The highest BCUT2D eigenvalue weighted by molar-refractivity contribution is 5.81. The lowest BCUT2D eigenvalue weighted by atomic mass is 9.78. The van der Waals surface area contributed by atoms with E-state index in [0.717, 1.165) is 22.8 Å². The molecule has 0 heterocycles. The van der Waals surface area contributed by atoms with Crippen molar-refractivity contribution in [2.75, 3.05) is 6.61 Å². The van der Waals surface area contributed by atoms with Gasteiger partial charge in [0.1, 0.15) is 12.7 Å². The van der Waals surface area contributed by atoms with Crippen molar-refractivity contribution in [3.8, 4) is 0 Å². The molecular formula is C18H23NO4. The number of benzene rings is 1. The Labute approximate surface area is 136 Å². The molecule has 0 aliphatic heterocycles. The summed E-state index contributed by atoms with van der Waals surface area (Å²) in [7, 11) is 0. The summed E-state index contributed by atoms with van der Waals surface area (Å²) in [5.74, 6) is -0.591. The molecule has 1 atom stereocenters. The van der Waals surface area contributed by atoms with Crippen LogP contribution < -0.4 is 5.73 Å². The Hall–Kier alpha value is -2.56. The van der Waals surface area contributed by atoms with Gasteiger partial charge in [-0.15, -0.1) is 0 Å². The summed E-state index contributed by atoms with van der Waals surface area (Å²) < 4.78 is 10.2. The molecule has 0 fully saturated rings. The molecule has 1 amide bonds. The SMILES string of the molecule is C=CC(=O)OC(COC(N)=O)C(C)(C)c1cccc(C(=C)C)c1. The van der Waals surface area contributed by atoms with E-state index in [4.69, 9.17) is 15.2 Å². The number of hydrogen-bond acceptors (Lipinski definition) is 4. The zero-order chi connectivity index (χ0) is 17.6. The topological polar surface area (TPSA) is 78.6 Å². The van der Waals surface area contributed by atoms with Gasteiger partial charge in [0.15, 0.2) is 0 Å². The van der Waals surface area contributed by atoms with Gasteiger partial charge >= 0.3 is 12.1 Å². The molecule has 1 aromatic rings. The van der Waals surface area contributed by atoms with Crippen molar-refractivity contribution in [1.82, 2.24) is 0 Å². The maximum absolute atomic E-state index is 11.6. The molecule has 0 aliphatic carbocycles. The van der Waals surface area contributed by atoms with E-state index in [0.29, 0.717) is 0 Å². The Bertz CT molecular complexity index is 619. The molecule has 0 aromatic heterocycles. The van der Waals surface area contributed by atoms with Crippen LogP contribution in [-0.4, -0.2) is 24.8 Å². The molecule has 0 bridgehead atoms. The first-order valence-electron chi connectivity index (χ1n) is 7.20. The molecule has 0 radical (unpaired) electrons. The molecule has 5 nitrogen and oxygen atoms in total. The van der Waals surface area contributed by atoms with Crippen LogP contribution in [0.25, 0.3) is 5.57 Å². The van der Waals surface area contributed by atoms with E-state index in [-0.39, 0.29) is 6.61 Å². The van der Waals surface area contributed by atoms with Crippen molar-refractivity contribution >= 4 is 17.6 Å². The van der Waals surface area contributed by atoms with E-state index in [1.54, 1.807) is 0 Å². The molecule has 1 aromatic carbocycles. The summed E-state index contributed by atoms with van der Waals surface area (Å²) in [6.07, 6.45) is -0.561. The zero-order valence-corrected chi connectivity index (χ0v) is 13.8. The molecule has 1 rings (SSSR count). The molecule has 5 heteroatoms. The second kappa shape index (κ2) is 7.63. The fourth-order valence-corrected chi connectivity index (χ4v) is 2.11. The van der Waals surface area contributed by atoms with Gasteiger partial charge in [-0.1, -0.05) is 56.8 Å². The highest BCUT2D eigenvalue weighted by atomic mass is 16.6. The zero-order valence-electron chi connectivity index (χ0n) is 13.8. The van der Waals surface area contributed by atoms with Gasteiger partial charge in [0.25, 0.3) is 0 Å². The van der Waals surface area contributed by atoms with E-state index in [9.17, 15) is 9.59 Å². The number of nitrogens with two attached hydrogens (primary N) is 1. The van der Waals surface area contributed by atoms with Gasteiger partial charge in [-0.05, 0) is 18.1 Å². The first-order chi connectivity index (χ1) is 10.7. The van der Waals surface area contributed by atoms with Crippen molar-refractivity contribution in [2.45, 2.75) is 32.3 Å². The van der Waals surface area contributed by atoms with Crippen molar-refractivity contribution in [2.24, 2.45) is 5.73 Å². The maximum atomic E-state index is 11.6. The van der Waals surface area contributed by atoms with Gasteiger partial charge in [0.2, 0.25) is 0 Å². The van der Waals surface area contributed by atoms with Crippen LogP contribution in [0.4, 0.5) is 4.79 Å². The first-order valence-corrected chi connectivity index (χ1v) is 7.20. The Morgan fingerprint density at radius 3 is 2.57 bits per heavy atom. The summed E-state index contributed by atoms with van der Waals surface area (Å²) in [6.45, 7) is 12.9. The van der Waals surface area contributed by atoms with Gasteiger partial charge in [-0.25, -0.2) is 9.59 Å². The molecule has 0 saturated carbocycles. The average Bonchev–Trinajstić information content (AvgIpc) is 2.50. The first kappa shape index (κ1) is 18.5. The van der Waals surface area contributed by atoms with Crippen molar-refractivity contribution in [1.29, 1.82) is 0 Å². The van der Waals surface area contributed by atoms with Gasteiger partial charge in [0, 0.05) is 11.5 Å². The number of amides is 1. The number of primary amides is 1. The monoisotopic (exact) mass is 317 g/mol. The molecule has 1 unspecified atom stereocenters. The second-order valence-corrected chi connectivity index (χ2v) is 5.84. The van der Waals surface area contributed by atoms with Gasteiger partial charge in [-0.2, -0.15) is 0 Å². The van der Waals surface area contributed by atoms with Crippen molar-refractivity contribution < 1.29 is 19.1 Å². The molecular weight excluding hydrogens is 294 g/mol. The van der Waals surface area contributed by atoms with E-state index < -0.39 is 23.6 Å². The second-order valence-electron chi connectivity index (χ2n) is 5.84. The van der Waals surface area contributed by atoms with Gasteiger partial charge in [0.05, 0.1) is 0 Å². The number of carbonyl (C=O) groups excluding carboxylic acids is 2. The average molecular weight is 317 g/mol. The Morgan fingerprint density at radius 2 is 2.04 bits per heavy atom. The van der Waals surface area contributed by atoms with Gasteiger partial charge < -0.3 is 15.2 Å². The normalized spacial score (nSPS) is 12.1. The summed E-state index contributed by atoms with van der Waals surface area (Å²) in [4.78, 5) is 22.5. The van der Waals surface area contributed by atoms with Crippen LogP contribution in [0.3, 0.4) is 0 Å². The van der Waals surface area contributed by atoms with Crippen LogP contribution in [0.15, 0.2) is 43.5 Å². The van der Waals surface area contributed by atoms with E-state index in [1.807, 2.05) is 45.0 Å². The summed E-state index contributed by atoms with van der Waals surface area (Å²) in [5.41, 5.74) is 7.24. The predicted octanol–water partition coefficient (Wildman–Crippen LogP) is 3.19. The number of esters is 1. The van der Waals surface area contributed by atoms with E-state index in [2.05, 4.69) is 13.2 Å². The molecule has 23 heavy (non-hydrogen) atoms. The third kappa shape index (κ3) is 4.98. The smallest absolute Gasteiger partial charge is 0.404 e. The molecule has 0 spiro atoms. The minimum atomic E-state index is -0.920. The lowest BCUT2D eigenvalue weighted by Gasteiger charge is -2.33. The van der Waals surface area contributed by atoms with Crippen LogP contribution in [0.2, 0.25) is 0 Å². The fraction of sp³-hybridized carbons (Fsp3) is 0.333. The van der Waals surface area contributed by atoms with Crippen LogP contribution in [0.5, 0.6) is 0 Å². The number of ether oxygens (including phenoxy) is 2. The Morgan fingerprint density at radius 1 is 1.39 bits per heavy atom. The molecule has 124 valence electrons. The standard InChI is InChI=1S/C18H23NO4/c1-6-16(20)23-15(11-22-17(19)21)18(4,5)14-9-7-8-13(10-14)12(2)3/h6-10,15H,1-2,11H2,3-5H3,(H2,19,21). The third-order valence-electron chi connectivity index (χ3n) is 3.71. The largest absolute Gasteiger partial charge is 0.455 e.